The minimum atomic E-state index is -0.382. The first kappa shape index (κ1) is 13.3. The second-order valence-electron chi connectivity index (χ2n) is 4.71. The standard InChI is InChI=1S/C15H15N5O/c16-13(9-5-7-10(8-6-9)15(21)20-17)14-18-11-3-1-2-4-12(11)19-14/h1-8,13H,16-17H2,(H,18,19)(H,20,21). The lowest BCUT2D eigenvalue weighted by molar-refractivity contribution is 0.0953. The van der Waals surface area contributed by atoms with E-state index in [1.165, 1.54) is 0 Å². The summed E-state index contributed by atoms with van der Waals surface area (Å²) in [5.41, 5.74) is 11.5. The van der Waals surface area contributed by atoms with Gasteiger partial charge >= 0.3 is 0 Å². The van der Waals surface area contributed by atoms with Crippen LogP contribution in [0.3, 0.4) is 0 Å². The number of aromatic nitrogens is 2. The summed E-state index contributed by atoms with van der Waals surface area (Å²) in [6, 6.07) is 14.3. The number of rotatable bonds is 3. The van der Waals surface area contributed by atoms with Crippen molar-refractivity contribution in [2.75, 3.05) is 0 Å². The molecule has 1 atom stereocenters. The second kappa shape index (κ2) is 5.35. The number of amides is 1. The van der Waals surface area contributed by atoms with E-state index in [9.17, 15) is 4.79 Å². The molecule has 0 saturated heterocycles. The Labute approximate surface area is 121 Å². The van der Waals surface area contributed by atoms with Crippen LogP contribution < -0.4 is 17.0 Å². The number of nitrogens with zero attached hydrogens (tertiary/aromatic N) is 1. The van der Waals surface area contributed by atoms with E-state index in [0.29, 0.717) is 11.4 Å². The number of benzene rings is 2. The fourth-order valence-corrected chi connectivity index (χ4v) is 2.20. The highest BCUT2D eigenvalue weighted by Crippen LogP contribution is 2.20. The number of H-pyrrole nitrogens is 1. The molecule has 6 heteroatoms. The molecule has 3 aromatic rings. The highest BCUT2D eigenvalue weighted by molar-refractivity contribution is 5.93. The molecular weight excluding hydrogens is 266 g/mol. The maximum atomic E-state index is 11.4. The molecule has 6 nitrogen and oxygen atoms in total. The minimum Gasteiger partial charge on any atom is -0.340 e. The maximum absolute atomic E-state index is 11.4. The molecule has 0 spiro atoms. The van der Waals surface area contributed by atoms with Gasteiger partial charge in [0.15, 0.2) is 0 Å². The van der Waals surface area contributed by atoms with Crippen LogP contribution in [0.5, 0.6) is 0 Å². The molecule has 2 aromatic carbocycles. The van der Waals surface area contributed by atoms with Crippen LogP contribution in [0.2, 0.25) is 0 Å². The van der Waals surface area contributed by atoms with E-state index >= 15 is 0 Å². The van der Waals surface area contributed by atoms with Gasteiger partial charge in [0.2, 0.25) is 0 Å². The molecule has 0 aliphatic rings. The molecule has 3 rings (SSSR count). The van der Waals surface area contributed by atoms with E-state index in [-0.39, 0.29) is 11.9 Å². The fraction of sp³-hybridized carbons (Fsp3) is 0.0667. The number of hydrazine groups is 1. The Hall–Kier alpha value is -2.70. The summed E-state index contributed by atoms with van der Waals surface area (Å²) in [5, 5.41) is 0. The smallest absolute Gasteiger partial charge is 0.265 e. The van der Waals surface area contributed by atoms with E-state index in [1.54, 1.807) is 24.3 Å². The molecule has 21 heavy (non-hydrogen) atoms. The zero-order valence-corrected chi connectivity index (χ0v) is 11.2. The Balaban J connectivity index is 1.90. The predicted molar refractivity (Wildman–Crippen MR) is 80.2 cm³/mol. The number of imidazole rings is 1. The number of carbonyl (C=O) groups excluding carboxylic acids is 1. The first-order valence-corrected chi connectivity index (χ1v) is 6.50. The number of fused-ring (bicyclic) bond motifs is 1. The molecule has 1 heterocycles. The van der Waals surface area contributed by atoms with Gasteiger partial charge in [-0.2, -0.15) is 0 Å². The summed E-state index contributed by atoms with van der Waals surface area (Å²) in [4.78, 5) is 19.1. The van der Waals surface area contributed by atoms with Crippen molar-refractivity contribution in [3.63, 3.8) is 0 Å². The van der Waals surface area contributed by atoms with Crippen molar-refractivity contribution >= 4 is 16.9 Å². The summed E-state index contributed by atoms with van der Waals surface area (Å²) >= 11 is 0. The molecule has 0 bridgehead atoms. The van der Waals surface area contributed by atoms with Crippen molar-refractivity contribution < 1.29 is 4.79 Å². The quantitative estimate of drug-likeness (QED) is 0.328. The van der Waals surface area contributed by atoms with Crippen LogP contribution in [0.15, 0.2) is 48.5 Å². The number of para-hydroxylation sites is 2. The molecule has 1 unspecified atom stereocenters. The zero-order valence-electron chi connectivity index (χ0n) is 11.2. The van der Waals surface area contributed by atoms with Gasteiger partial charge in [-0.05, 0) is 29.8 Å². The van der Waals surface area contributed by atoms with Crippen LogP contribution >= 0.6 is 0 Å². The first-order chi connectivity index (χ1) is 10.2. The summed E-state index contributed by atoms with van der Waals surface area (Å²) in [6.45, 7) is 0. The van der Waals surface area contributed by atoms with Crippen LogP contribution in [-0.2, 0) is 0 Å². The van der Waals surface area contributed by atoms with Gasteiger partial charge in [0.05, 0.1) is 17.1 Å². The van der Waals surface area contributed by atoms with Crippen molar-refractivity contribution in [3.8, 4) is 0 Å². The molecule has 0 aliphatic heterocycles. The topological polar surface area (TPSA) is 110 Å². The Morgan fingerprint density at radius 3 is 2.52 bits per heavy atom. The SMILES string of the molecule is NNC(=O)c1ccc(C(N)c2nc3ccccc3[nH]2)cc1. The summed E-state index contributed by atoms with van der Waals surface area (Å²) in [6.07, 6.45) is 0. The summed E-state index contributed by atoms with van der Waals surface area (Å²) in [7, 11) is 0. The van der Waals surface area contributed by atoms with Crippen molar-refractivity contribution in [2.45, 2.75) is 6.04 Å². The molecule has 0 saturated carbocycles. The number of hydrogen-bond acceptors (Lipinski definition) is 4. The van der Waals surface area contributed by atoms with Crippen LogP contribution in [0.25, 0.3) is 11.0 Å². The third-order valence-electron chi connectivity index (χ3n) is 3.37. The minimum absolute atomic E-state index is 0.334. The average Bonchev–Trinajstić information content (AvgIpc) is 2.97. The van der Waals surface area contributed by atoms with Gasteiger partial charge in [-0.25, -0.2) is 10.8 Å². The van der Waals surface area contributed by atoms with Crippen LogP contribution in [0, 0.1) is 0 Å². The Morgan fingerprint density at radius 1 is 1.14 bits per heavy atom. The molecule has 6 N–H and O–H groups in total. The molecular formula is C15H15N5O. The zero-order chi connectivity index (χ0) is 14.8. The number of nitrogen functional groups attached to an aromatic ring is 1. The number of nitrogens with two attached hydrogens (primary N) is 2. The van der Waals surface area contributed by atoms with Crippen LogP contribution in [0.1, 0.15) is 27.8 Å². The molecule has 106 valence electrons. The van der Waals surface area contributed by atoms with Gasteiger partial charge in [0.1, 0.15) is 5.82 Å². The van der Waals surface area contributed by atoms with E-state index in [0.717, 1.165) is 16.6 Å². The predicted octanol–water partition coefficient (Wildman–Crippen LogP) is 1.21. The van der Waals surface area contributed by atoms with Gasteiger partial charge in [0, 0.05) is 5.56 Å². The van der Waals surface area contributed by atoms with Gasteiger partial charge in [-0.3, -0.25) is 10.2 Å². The first-order valence-electron chi connectivity index (χ1n) is 6.50. The van der Waals surface area contributed by atoms with Gasteiger partial charge in [-0.15, -0.1) is 0 Å². The lowest BCUT2D eigenvalue weighted by atomic mass is 10.0. The van der Waals surface area contributed by atoms with Crippen molar-refractivity contribution in [2.24, 2.45) is 11.6 Å². The lowest BCUT2D eigenvalue weighted by Gasteiger charge is -2.09. The number of nitrogens with one attached hydrogen (secondary N) is 2. The van der Waals surface area contributed by atoms with E-state index in [4.69, 9.17) is 11.6 Å². The van der Waals surface area contributed by atoms with Gasteiger partial charge < -0.3 is 10.7 Å². The average molecular weight is 281 g/mol. The highest BCUT2D eigenvalue weighted by Gasteiger charge is 2.14. The number of hydrogen-bond donors (Lipinski definition) is 4. The third-order valence-corrected chi connectivity index (χ3v) is 3.37. The van der Waals surface area contributed by atoms with Crippen molar-refractivity contribution in [3.05, 3.63) is 65.5 Å². The third kappa shape index (κ3) is 2.49. The Morgan fingerprint density at radius 2 is 1.86 bits per heavy atom. The maximum Gasteiger partial charge on any atom is 0.265 e. The highest BCUT2D eigenvalue weighted by atomic mass is 16.2. The van der Waals surface area contributed by atoms with Gasteiger partial charge in [0.25, 0.3) is 5.91 Å². The largest absolute Gasteiger partial charge is 0.340 e. The molecule has 0 radical (unpaired) electrons. The monoisotopic (exact) mass is 281 g/mol. The van der Waals surface area contributed by atoms with Gasteiger partial charge in [-0.1, -0.05) is 24.3 Å². The molecule has 1 aromatic heterocycles. The Kier molecular flexibility index (Phi) is 3.39. The van der Waals surface area contributed by atoms with Crippen LogP contribution in [-0.4, -0.2) is 15.9 Å². The lowest BCUT2D eigenvalue weighted by Crippen LogP contribution is -2.29. The normalized spacial score (nSPS) is 12.3. The van der Waals surface area contributed by atoms with Crippen molar-refractivity contribution in [1.82, 2.24) is 15.4 Å². The van der Waals surface area contributed by atoms with Crippen LogP contribution in [0.4, 0.5) is 0 Å². The summed E-state index contributed by atoms with van der Waals surface area (Å²) < 4.78 is 0. The van der Waals surface area contributed by atoms with Crippen molar-refractivity contribution in [1.29, 1.82) is 0 Å². The van der Waals surface area contributed by atoms with E-state index < -0.39 is 0 Å². The second-order valence-corrected chi connectivity index (χ2v) is 4.71. The Bertz CT molecular complexity index is 745. The fourth-order valence-electron chi connectivity index (χ4n) is 2.20. The molecule has 0 aliphatic carbocycles. The van der Waals surface area contributed by atoms with E-state index in [2.05, 4.69) is 15.4 Å². The molecule has 0 fully saturated rings. The summed E-state index contributed by atoms with van der Waals surface area (Å²) in [5.74, 6) is 5.45. The molecule has 1 amide bonds. The number of carbonyl (C=O) groups is 1. The number of aromatic amines is 1. The van der Waals surface area contributed by atoms with E-state index in [1.807, 2.05) is 24.3 Å².